The van der Waals surface area contributed by atoms with Gasteiger partial charge in [-0.15, -0.1) is 0 Å². The van der Waals surface area contributed by atoms with E-state index in [0.717, 1.165) is 5.57 Å². The fraction of sp³-hybridized carbons (Fsp3) is 0.240. The molecule has 32 heavy (non-hydrogen) atoms. The first-order valence-electron chi connectivity index (χ1n) is 10.2. The number of hydrogen-bond donors (Lipinski definition) is 3. The minimum atomic E-state index is -0.588. The van der Waals surface area contributed by atoms with Gasteiger partial charge in [-0.1, -0.05) is 6.58 Å². The molecule has 5 rings (SSSR count). The van der Waals surface area contributed by atoms with Crippen molar-refractivity contribution < 1.29 is 29.2 Å². The van der Waals surface area contributed by atoms with E-state index in [9.17, 15) is 20.1 Å². The summed E-state index contributed by atoms with van der Waals surface area (Å²) in [4.78, 5) is 12.9. The molecule has 0 saturated carbocycles. The quantitative estimate of drug-likeness (QED) is 0.398. The highest BCUT2D eigenvalue weighted by molar-refractivity contribution is 5.92. The topological polar surface area (TPSA) is 109 Å². The van der Waals surface area contributed by atoms with Crippen LogP contribution in [0.5, 0.6) is 28.7 Å². The molecule has 7 nitrogen and oxygen atoms in total. The largest absolute Gasteiger partial charge is 0.507 e. The van der Waals surface area contributed by atoms with E-state index in [1.54, 1.807) is 25.1 Å². The van der Waals surface area contributed by atoms with E-state index < -0.39 is 11.0 Å². The van der Waals surface area contributed by atoms with Gasteiger partial charge in [0.25, 0.3) is 0 Å². The Morgan fingerprint density at radius 2 is 1.91 bits per heavy atom. The van der Waals surface area contributed by atoms with Crippen molar-refractivity contribution in [3.8, 4) is 40.1 Å². The lowest BCUT2D eigenvalue weighted by Crippen LogP contribution is -2.27. The average molecular weight is 434 g/mol. The average Bonchev–Trinajstić information content (AvgIpc) is 3.16. The summed E-state index contributed by atoms with van der Waals surface area (Å²) >= 11 is 0. The normalized spacial score (nSPS) is 18.0. The smallest absolute Gasteiger partial charge is 0.197 e. The van der Waals surface area contributed by atoms with E-state index in [-0.39, 0.29) is 51.4 Å². The summed E-state index contributed by atoms with van der Waals surface area (Å²) in [7, 11) is 0. The summed E-state index contributed by atoms with van der Waals surface area (Å²) < 4.78 is 17.5. The van der Waals surface area contributed by atoms with Crippen LogP contribution in [0.25, 0.3) is 28.4 Å². The molecule has 3 aromatic rings. The molecule has 2 aromatic carbocycles. The summed E-state index contributed by atoms with van der Waals surface area (Å²) in [5.74, 6) is 0.0532. The molecule has 3 N–H and O–H groups in total. The Hall–Kier alpha value is -3.87. The molecule has 7 heteroatoms. The van der Waals surface area contributed by atoms with Gasteiger partial charge in [-0.05, 0) is 44.6 Å². The molecule has 0 amide bonds. The molecule has 0 fully saturated rings. The summed E-state index contributed by atoms with van der Waals surface area (Å²) in [5.41, 5.74) is 0.743. The highest BCUT2D eigenvalue weighted by Gasteiger charge is 2.32. The van der Waals surface area contributed by atoms with E-state index in [1.165, 1.54) is 12.1 Å². The van der Waals surface area contributed by atoms with Crippen LogP contribution in [-0.2, 0) is 6.42 Å². The highest BCUT2D eigenvalue weighted by Crippen LogP contribution is 2.49. The second kappa shape index (κ2) is 6.56. The predicted octanol–water partition coefficient (Wildman–Crippen LogP) is 4.64. The van der Waals surface area contributed by atoms with Crippen molar-refractivity contribution in [1.29, 1.82) is 0 Å². The van der Waals surface area contributed by atoms with Crippen molar-refractivity contribution in [3.05, 3.63) is 57.8 Å². The number of rotatable bonds is 2. The fourth-order valence-corrected chi connectivity index (χ4v) is 4.12. The summed E-state index contributed by atoms with van der Waals surface area (Å²) in [6, 6.07) is 4.02. The molecule has 0 bridgehead atoms. The monoisotopic (exact) mass is 434 g/mol. The molecule has 0 radical (unpaired) electrons. The highest BCUT2D eigenvalue weighted by atomic mass is 16.5. The van der Waals surface area contributed by atoms with Crippen molar-refractivity contribution in [2.24, 2.45) is 0 Å². The molecular formula is C25H22O7. The van der Waals surface area contributed by atoms with Gasteiger partial charge in [0.1, 0.15) is 45.7 Å². The van der Waals surface area contributed by atoms with Crippen molar-refractivity contribution in [2.75, 3.05) is 0 Å². The Bertz CT molecular complexity index is 1410. The van der Waals surface area contributed by atoms with Crippen LogP contribution < -0.4 is 14.9 Å². The number of phenolic OH excluding ortho intramolecular Hbond substituents is 3. The van der Waals surface area contributed by atoms with Crippen LogP contribution in [0.2, 0.25) is 0 Å². The molecule has 2 aliphatic heterocycles. The minimum Gasteiger partial charge on any atom is -0.507 e. The van der Waals surface area contributed by atoms with Crippen molar-refractivity contribution in [1.82, 2.24) is 0 Å². The molecule has 0 spiro atoms. The first kappa shape index (κ1) is 20.1. The van der Waals surface area contributed by atoms with E-state index in [2.05, 4.69) is 6.58 Å². The predicted molar refractivity (Wildman–Crippen MR) is 120 cm³/mol. The van der Waals surface area contributed by atoms with Crippen LogP contribution >= 0.6 is 0 Å². The number of benzene rings is 2. The third-order valence-corrected chi connectivity index (χ3v) is 5.81. The third kappa shape index (κ3) is 2.92. The molecular weight excluding hydrogens is 412 g/mol. The zero-order chi connectivity index (χ0) is 22.9. The van der Waals surface area contributed by atoms with Crippen LogP contribution in [0.15, 0.2) is 45.6 Å². The van der Waals surface area contributed by atoms with Gasteiger partial charge < -0.3 is 29.2 Å². The molecule has 0 saturated heterocycles. The van der Waals surface area contributed by atoms with E-state index in [1.807, 2.05) is 13.8 Å². The van der Waals surface area contributed by atoms with Crippen LogP contribution in [0.1, 0.15) is 31.9 Å². The maximum Gasteiger partial charge on any atom is 0.197 e. The van der Waals surface area contributed by atoms with Gasteiger partial charge in [-0.2, -0.15) is 0 Å². The van der Waals surface area contributed by atoms with Crippen molar-refractivity contribution in [2.45, 2.75) is 38.9 Å². The van der Waals surface area contributed by atoms with Crippen molar-refractivity contribution in [3.63, 3.8) is 0 Å². The molecule has 0 aliphatic carbocycles. The van der Waals surface area contributed by atoms with Crippen LogP contribution in [0.4, 0.5) is 0 Å². The molecule has 2 aliphatic rings. The second-order valence-electron chi connectivity index (χ2n) is 8.78. The Morgan fingerprint density at radius 3 is 2.62 bits per heavy atom. The Kier molecular flexibility index (Phi) is 4.11. The van der Waals surface area contributed by atoms with Gasteiger partial charge in [-0.25, -0.2) is 0 Å². The first-order valence-corrected chi connectivity index (χ1v) is 10.2. The molecule has 3 heterocycles. The number of hydrogen-bond acceptors (Lipinski definition) is 7. The fourth-order valence-electron chi connectivity index (χ4n) is 4.12. The Balaban J connectivity index is 1.70. The SMILES string of the molecule is C=C(C)C1Cc2c(O)c(-c3cc(=O)c4c(O)c5c(cc4o3)OC(C)(C)C=C5)cc(O)c2O1. The summed E-state index contributed by atoms with van der Waals surface area (Å²) in [6.07, 6.45) is 3.48. The number of ether oxygens (including phenoxy) is 2. The van der Waals surface area contributed by atoms with Gasteiger partial charge >= 0.3 is 0 Å². The van der Waals surface area contributed by atoms with Gasteiger partial charge in [0.05, 0.1) is 11.1 Å². The first-order chi connectivity index (χ1) is 15.1. The number of phenols is 3. The third-order valence-electron chi connectivity index (χ3n) is 5.81. The van der Waals surface area contributed by atoms with Gasteiger partial charge in [0, 0.05) is 24.1 Å². The van der Waals surface area contributed by atoms with E-state index in [0.29, 0.717) is 23.3 Å². The minimum absolute atomic E-state index is 0.0102. The van der Waals surface area contributed by atoms with Gasteiger partial charge in [0.15, 0.2) is 16.9 Å². The van der Waals surface area contributed by atoms with Crippen LogP contribution in [0.3, 0.4) is 0 Å². The van der Waals surface area contributed by atoms with Crippen LogP contribution in [0, 0.1) is 0 Å². The van der Waals surface area contributed by atoms with Crippen LogP contribution in [-0.4, -0.2) is 27.0 Å². The summed E-state index contributed by atoms with van der Waals surface area (Å²) in [6.45, 7) is 9.41. The number of aromatic hydroxyl groups is 3. The standard InChI is InChI=1S/C25H22O7/c1-11(2)17-8-14-22(28)13(7-16(27)24(14)31-17)18-9-15(26)21-20(30-18)10-19-12(23(21)29)5-6-25(3,4)32-19/h5-7,9-10,17,27-29H,1,8H2,2-4H3. The zero-order valence-electron chi connectivity index (χ0n) is 17.9. The summed E-state index contributed by atoms with van der Waals surface area (Å²) in [5, 5.41) is 32.1. The maximum atomic E-state index is 12.9. The van der Waals surface area contributed by atoms with Crippen molar-refractivity contribution >= 4 is 17.0 Å². The van der Waals surface area contributed by atoms with Gasteiger partial charge in [-0.3, -0.25) is 4.79 Å². The molecule has 1 atom stereocenters. The van der Waals surface area contributed by atoms with E-state index in [4.69, 9.17) is 13.9 Å². The molecule has 1 unspecified atom stereocenters. The Labute approximate surface area is 183 Å². The lowest BCUT2D eigenvalue weighted by atomic mass is 9.98. The lowest BCUT2D eigenvalue weighted by molar-refractivity contribution is 0.158. The maximum absolute atomic E-state index is 12.9. The lowest BCUT2D eigenvalue weighted by Gasteiger charge is -2.28. The van der Waals surface area contributed by atoms with Gasteiger partial charge in [0.2, 0.25) is 0 Å². The zero-order valence-corrected chi connectivity index (χ0v) is 17.9. The molecule has 164 valence electrons. The second-order valence-corrected chi connectivity index (χ2v) is 8.78. The van der Waals surface area contributed by atoms with E-state index >= 15 is 0 Å². The Morgan fingerprint density at radius 1 is 1.16 bits per heavy atom. The number of fused-ring (bicyclic) bond motifs is 3. The molecule has 1 aromatic heterocycles.